The number of para-hydroxylation sites is 1. The van der Waals surface area contributed by atoms with E-state index in [9.17, 15) is 14.4 Å². The maximum absolute atomic E-state index is 12.8. The largest absolute Gasteiger partial charge is 0.349 e. The van der Waals surface area contributed by atoms with Gasteiger partial charge in [0.15, 0.2) is 0 Å². The van der Waals surface area contributed by atoms with Crippen molar-refractivity contribution in [3.8, 4) is 0 Å². The Labute approximate surface area is 154 Å². The van der Waals surface area contributed by atoms with E-state index in [0.717, 1.165) is 4.70 Å². The first-order valence-corrected chi connectivity index (χ1v) is 9.08. The Hall–Kier alpha value is -2.81. The van der Waals surface area contributed by atoms with Crippen molar-refractivity contribution in [1.29, 1.82) is 0 Å². The fourth-order valence-corrected chi connectivity index (χ4v) is 3.27. The molecule has 0 saturated carbocycles. The molecule has 0 unspecified atom stereocenters. The minimum Gasteiger partial charge on any atom is -0.349 e. The molecule has 1 aromatic carbocycles. The van der Waals surface area contributed by atoms with Crippen LogP contribution in [0.15, 0.2) is 28.8 Å². The van der Waals surface area contributed by atoms with Crippen LogP contribution in [0.5, 0.6) is 0 Å². The fourth-order valence-electron chi connectivity index (χ4n) is 2.57. The van der Waals surface area contributed by atoms with Gasteiger partial charge in [-0.05, 0) is 19.1 Å². The average molecular weight is 373 g/mol. The molecule has 0 saturated heterocycles. The number of carbonyl (C=O) groups is 3. The molecule has 1 aliphatic heterocycles. The van der Waals surface area contributed by atoms with E-state index >= 15 is 0 Å². The van der Waals surface area contributed by atoms with Gasteiger partial charge in [0.1, 0.15) is 5.71 Å². The Balaban J connectivity index is 1.61. The molecule has 2 N–H and O–H groups in total. The van der Waals surface area contributed by atoms with E-state index in [-0.39, 0.29) is 42.4 Å². The van der Waals surface area contributed by atoms with Crippen molar-refractivity contribution in [3.63, 3.8) is 0 Å². The molecule has 0 bridgehead atoms. The number of carbonyl (C=O) groups excluding carboxylic acids is 3. The lowest BCUT2D eigenvalue weighted by molar-refractivity contribution is -0.121. The summed E-state index contributed by atoms with van der Waals surface area (Å²) < 4.78 is 0.961. The minimum atomic E-state index is -0.334. The molecular weight excluding hydrogens is 354 g/mol. The zero-order chi connectivity index (χ0) is 18.7. The second-order valence-electron chi connectivity index (χ2n) is 6.07. The highest BCUT2D eigenvalue weighted by Gasteiger charge is 2.22. The molecule has 0 fully saturated rings. The van der Waals surface area contributed by atoms with Gasteiger partial charge in [0.2, 0.25) is 5.91 Å². The SMILES string of the molecule is C[C@@H](CNC(=O)C1=NNC(=O)CC1)N(C)C(=O)c1cccc2scnc12. The molecule has 0 radical (unpaired) electrons. The van der Waals surface area contributed by atoms with Crippen LogP contribution in [0.1, 0.15) is 30.1 Å². The van der Waals surface area contributed by atoms with Crippen LogP contribution in [-0.4, -0.2) is 53.0 Å². The van der Waals surface area contributed by atoms with Crippen LogP contribution in [0.4, 0.5) is 0 Å². The van der Waals surface area contributed by atoms with E-state index in [1.54, 1.807) is 23.5 Å². The quantitative estimate of drug-likeness (QED) is 0.820. The average Bonchev–Trinajstić information content (AvgIpc) is 3.14. The van der Waals surface area contributed by atoms with Gasteiger partial charge in [0.05, 0.1) is 21.3 Å². The van der Waals surface area contributed by atoms with Gasteiger partial charge >= 0.3 is 0 Å². The highest BCUT2D eigenvalue weighted by Crippen LogP contribution is 2.22. The number of rotatable bonds is 5. The zero-order valence-corrected chi connectivity index (χ0v) is 15.3. The molecular formula is C17H19N5O3S. The maximum Gasteiger partial charge on any atom is 0.267 e. The number of nitrogens with one attached hydrogen (secondary N) is 2. The van der Waals surface area contributed by atoms with Gasteiger partial charge in [-0.2, -0.15) is 5.10 Å². The molecule has 0 aliphatic carbocycles. The molecule has 9 heteroatoms. The third kappa shape index (κ3) is 3.72. The van der Waals surface area contributed by atoms with Gasteiger partial charge in [-0.3, -0.25) is 14.4 Å². The highest BCUT2D eigenvalue weighted by molar-refractivity contribution is 7.16. The summed E-state index contributed by atoms with van der Waals surface area (Å²) in [4.78, 5) is 41.8. The Morgan fingerprint density at radius 2 is 2.19 bits per heavy atom. The topological polar surface area (TPSA) is 104 Å². The molecule has 1 aliphatic rings. The number of hydrogen-bond acceptors (Lipinski definition) is 6. The molecule has 2 aromatic rings. The van der Waals surface area contributed by atoms with Gasteiger partial charge in [-0.1, -0.05) is 6.07 Å². The Morgan fingerprint density at radius 3 is 2.92 bits per heavy atom. The molecule has 2 heterocycles. The van der Waals surface area contributed by atoms with Crippen molar-refractivity contribution in [2.75, 3.05) is 13.6 Å². The van der Waals surface area contributed by atoms with Crippen LogP contribution in [-0.2, 0) is 9.59 Å². The standard InChI is InChI=1S/C17H19N5O3S/c1-10(8-18-16(24)12-6-7-14(23)21-20-12)22(2)17(25)11-4-3-5-13-15(11)19-9-26-13/h3-5,9-10H,6-8H2,1-2H3,(H,18,24)(H,21,23)/t10-/m0/s1. The van der Waals surface area contributed by atoms with Crippen LogP contribution in [0.2, 0.25) is 0 Å². The zero-order valence-electron chi connectivity index (χ0n) is 14.5. The number of fused-ring (bicyclic) bond motifs is 1. The fraction of sp³-hybridized carbons (Fsp3) is 0.353. The van der Waals surface area contributed by atoms with Crippen molar-refractivity contribution < 1.29 is 14.4 Å². The Bertz CT molecular complexity index is 891. The predicted molar refractivity (Wildman–Crippen MR) is 99.0 cm³/mol. The van der Waals surface area contributed by atoms with Crippen molar-refractivity contribution in [3.05, 3.63) is 29.3 Å². The number of benzene rings is 1. The van der Waals surface area contributed by atoms with E-state index in [4.69, 9.17) is 0 Å². The molecule has 1 aromatic heterocycles. The summed E-state index contributed by atoms with van der Waals surface area (Å²) >= 11 is 1.49. The number of aromatic nitrogens is 1. The summed E-state index contributed by atoms with van der Waals surface area (Å²) in [6.07, 6.45) is 0.560. The molecule has 3 amide bonds. The van der Waals surface area contributed by atoms with Crippen LogP contribution >= 0.6 is 11.3 Å². The number of nitrogens with zero attached hydrogens (tertiary/aromatic N) is 3. The summed E-state index contributed by atoms with van der Waals surface area (Å²) in [5, 5.41) is 6.52. The monoisotopic (exact) mass is 373 g/mol. The summed E-state index contributed by atoms with van der Waals surface area (Å²) in [6, 6.07) is 5.30. The van der Waals surface area contributed by atoms with Gasteiger partial charge in [0.25, 0.3) is 11.8 Å². The Kier molecular flexibility index (Phi) is 5.27. The molecule has 26 heavy (non-hydrogen) atoms. The summed E-state index contributed by atoms with van der Waals surface area (Å²) in [6.45, 7) is 2.13. The van der Waals surface area contributed by atoms with Crippen molar-refractivity contribution in [1.82, 2.24) is 20.6 Å². The third-order valence-electron chi connectivity index (χ3n) is 4.30. The molecule has 8 nitrogen and oxygen atoms in total. The summed E-state index contributed by atoms with van der Waals surface area (Å²) in [5.74, 6) is -0.679. The van der Waals surface area contributed by atoms with E-state index in [0.29, 0.717) is 17.5 Å². The lowest BCUT2D eigenvalue weighted by atomic mass is 10.1. The van der Waals surface area contributed by atoms with Crippen molar-refractivity contribution in [2.24, 2.45) is 5.10 Å². The summed E-state index contributed by atoms with van der Waals surface area (Å²) in [5.41, 5.74) is 5.54. The first-order chi connectivity index (χ1) is 12.5. The van der Waals surface area contributed by atoms with E-state index in [2.05, 4.69) is 20.8 Å². The molecule has 0 spiro atoms. The molecule has 1 atom stereocenters. The first-order valence-electron chi connectivity index (χ1n) is 8.20. The van der Waals surface area contributed by atoms with Gasteiger partial charge in [0, 0.05) is 32.5 Å². The second kappa shape index (κ2) is 7.61. The number of hydrogen-bond donors (Lipinski definition) is 2. The lowest BCUT2D eigenvalue weighted by Gasteiger charge is -2.25. The van der Waals surface area contributed by atoms with E-state index in [1.165, 1.54) is 11.3 Å². The highest BCUT2D eigenvalue weighted by atomic mass is 32.1. The lowest BCUT2D eigenvalue weighted by Crippen LogP contribution is -2.45. The normalized spacial score (nSPS) is 15.2. The third-order valence-corrected chi connectivity index (χ3v) is 5.09. The van der Waals surface area contributed by atoms with Gasteiger partial charge < -0.3 is 10.2 Å². The minimum absolute atomic E-state index is 0.148. The number of hydrazone groups is 1. The van der Waals surface area contributed by atoms with Crippen LogP contribution < -0.4 is 10.7 Å². The summed E-state index contributed by atoms with van der Waals surface area (Å²) in [7, 11) is 1.70. The Morgan fingerprint density at radius 1 is 1.38 bits per heavy atom. The first kappa shape index (κ1) is 18.0. The van der Waals surface area contributed by atoms with Crippen LogP contribution in [0.25, 0.3) is 10.2 Å². The number of likely N-dealkylation sites (N-methyl/N-ethyl adjacent to an activating group) is 1. The van der Waals surface area contributed by atoms with E-state index < -0.39 is 0 Å². The number of amides is 3. The predicted octanol–water partition coefficient (Wildman–Crippen LogP) is 1.14. The van der Waals surface area contributed by atoms with Gasteiger partial charge in [-0.15, -0.1) is 11.3 Å². The van der Waals surface area contributed by atoms with Gasteiger partial charge in [-0.25, -0.2) is 10.4 Å². The molecule has 136 valence electrons. The van der Waals surface area contributed by atoms with Crippen molar-refractivity contribution in [2.45, 2.75) is 25.8 Å². The van der Waals surface area contributed by atoms with Crippen molar-refractivity contribution >= 4 is 45.0 Å². The molecule has 3 rings (SSSR count). The maximum atomic E-state index is 12.8. The van der Waals surface area contributed by atoms with Crippen LogP contribution in [0.3, 0.4) is 0 Å². The smallest absolute Gasteiger partial charge is 0.267 e. The van der Waals surface area contributed by atoms with E-state index in [1.807, 2.05) is 19.1 Å². The van der Waals surface area contributed by atoms with Crippen LogP contribution in [0, 0.1) is 0 Å². The number of thiazole rings is 1. The second-order valence-corrected chi connectivity index (χ2v) is 6.96.